The van der Waals surface area contributed by atoms with Gasteiger partial charge in [0.1, 0.15) is 11.9 Å². The lowest BCUT2D eigenvalue weighted by molar-refractivity contribution is 0.219. The van der Waals surface area contributed by atoms with Gasteiger partial charge in [-0.2, -0.15) is 0 Å². The largest absolute Gasteiger partial charge is 0.491 e. The molecule has 0 fully saturated rings. The maximum Gasteiger partial charge on any atom is 0.119 e. The quantitative estimate of drug-likeness (QED) is 0.900. The first-order chi connectivity index (χ1) is 9.06. The molecule has 0 amide bonds. The van der Waals surface area contributed by atoms with Crippen molar-refractivity contribution in [2.45, 2.75) is 33.0 Å². The Labute approximate surface area is 114 Å². The highest BCUT2D eigenvalue weighted by atomic mass is 16.5. The minimum absolute atomic E-state index is 0.160. The van der Waals surface area contributed by atoms with E-state index in [4.69, 9.17) is 4.74 Å². The van der Waals surface area contributed by atoms with Gasteiger partial charge in [0.2, 0.25) is 0 Å². The van der Waals surface area contributed by atoms with Crippen LogP contribution >= 0.6 is 0 Å². The zero-order chi connectivity index (χ0) is 13.8. The van der Waals surface area contributed by atoms with E-state index in [0.29, 0.717) is 0 Å². The first-order valence-electron chi connectivity index (χ1n) is 6.57. The molecule has 0 saturated heterocycles. The predicted molar refractivity (Wildman–Crippen MR) is 77.4 cm³/mol. The molecule has 19 heavy (non-hydrogen) atoms. The topological polar surface area (TPSA) is 29.5 Å². The van der Waals surface area contributed by atoms with Gasteiger partial charge in [0.15, 0.2) is 0 Å². The molecule has 0 spiro atoms. The molecule has 100 valence electrons. The highest BCUT2D eigenvalue weighted by Gasteiger charge is 2.10. The van der Waals surface area contributed by atoms with Crippen LogP contribution in [-0.2, 0) is 0 Å². The van der Waals surface area contributed by atoms with Crippen LogP contribution in [0.15, 0.2) is 48.5 Å². The van der Waals surface area contributed by atoms with E-state index in [-0.39, 0.29) is 6.10 Å². The average Bonchev–Trinajstić information content (AvgIpc) is 2.39. The van der Waals surface area contributed by atoms with Crippen molar-refractivity contribution in [1.29, 1.82) is 0 Å². The smallest absolute Gasteiger partial charge is 0.119 e. The lowest BCUT2D eigenvalue weighted by Crippen LogP contribution is -2.06. The van der Waals surface area contributed by atoms with Crippen LogP contribution < -0.4 is 4.74 Å². The van der Waals surface area contributed by atoms with Crippen molar-refractivity contribution in [3.63, 3.8) is 0 Å². The van der Waals surface area contributed by atoms with E-state index in [1.165, 1.54) is 5.56 Å². The molecule has 1 unspecified atom stereocenters. The zero-order valence-electron chi connectivity index (χ0n) is 11.6. The third-order valence-electron chi connectivity index (χ3n) is 2.96. The van der Waals surface area contributed by atoms with Crippen LogP contribution in [0.1, 0.15) is 36.6 Å². The van der Waals surface area contributed by atoms with Crippen molar-refractivity contribution in [2.75, 3.05) is 0 Å². The van der Waals surface area contributed by atoms with Crippen LogP contribution in [0.25, 0.3) is 0 Å². The summed E-state index contributed by atoms with van der Waals surface area (Å²) >= 11 is 0. The molecule has 0 radical (unpaired) electrons. The molecular formula is C17H20O2. The second-order valence-electron chi connectivity index (χ2n) is 5.05. The van der Waals surface area contributed by atoms with E-state index >= 15 is 0 Å². The van der Waals surface area contributed by atoms with Crippen molar-refractivity contribution < 1.29 is 9.84 Å². The fraction of sp³-hybridized carbons (Fsp3) is 0.294. The van der Waals surface area contributed by atoms with Crippen molar-refractivity contribution in [3.8, 4) is 5.75 Å². The standard InChI is InChI=1S/C17H20O2/c1-12(2)19-16-10-8-15(9-11-16)17(18)14-6-4-13(3)5-7-14/h4-12,17-18H,1-3H3. The Morgan fingerprint density at radius 3 is 1.79 bits per heavy atom. The molecule has 2 heteroatoms. The molecule has 0 aliphatic rings. The van der Waals surface area contributed by atoms with Gasteiger partial charge in [-0.3, -0.25) is 0 Å². The highest BCUT2D eigenvalue weighted by molar-refractivity contribution is 5.35. The van der Waals surface area contributed by atoms with Crippen molar-refractivity contribution in [3.05, 3.63) is 65.2 Å². The summed E-state index contributed by atoms with van der Waals surface area (Å²) in [6.07, 6.45) is -0.429. The monoisotopic (exact) mass is 256 g/mol. The maximum absolute atomic E-state index is 10.3. The van der Waals surface area contributed by atoms with Gasteiger partial charge in [0.25, 0.3) is 0 Å². The summed E-state index contributed by atoms with van der Waals surface area (Å²) in [5, 5.41) is 10.3. The summed E-state index contributed by atoms with van der Waals surface area (Å²) in [4.78, 5) is 0. The Balaban J connectivity index is 2.15. The summed E-state index contributed by atoms with van der Waals surface area (Å²) in [5.74, 6) is 0.829. The summed E-state index contributed by atoms with van der Waals surface area (Å²) in [7, 11) is 0. The average molecular weight is 256 g/mol. The molecule has 1 atom stereocenters. The van der Waals surface area contributed by atoms with E-state index in [1.807, 2.05) is 69.3 Å². The Morgan fingerprint density at radius 1 is 0.842 bits per heavy atom. The number of aliphatic hydroxyl groups excluding tert-OH is 1. The van der Waals surface area contributed by atoms with E-state index in [0.717, 1.165) is 16.9 Å². The van der Waals surface area contributed by atoms with E-state index in [9.17, 15) is 5.11 Å². The zero-order valence-corrected chi connectivity index (χ0v) is 11.6. The molecule has 0 saturated carbocycles. The van der Waals surface area contributed by atoms with E-state index in [1.54, 1.807) is 0 Å². The van der Waals surface area contributed by atoms with Crippen LogP contribution in [0.4, 0.5) is 0 Å². The maximum atomic E-state index is 10.3. The molecule has 2 nitrogen and oxygen atoms in total. The second-order valence-corrected chi connectivity index (χ2v) is 5.05. The number of rotatable bonds is 4. The molecule has 0 aromatic heterocycles. The fourth-order valence-corrected chi connectivity index (χ4v) is 1.94. The number of hydrogen-bond donors (Lipinski definition) is 1. The third kappa shape index (κ3) is 3.58. The van der Waals surface area contributed by atoms with Gasteiger partial charge >= 0.3 is 0 Å². The van der Waals surface area contributed by atoms with Crippen LogP contribution in [0, 0.1) is 6.92 Å². The van der Waals surface area contributed by atoms with Crippen molar-refractivity contribution >= 4 is 0 Å². The Kier molecular flexibility index (Phi) is 4.23. The number of ether oxygens (including phenoxy) is 1. The lowest BCUT2D eigenvalue weighted by Gasteiger charge is -2.14. The van der Waals surface area contributed by atoms with Crippen LogP contribution in [0.3, 0.4) is 0 Å². The fourth-order valence-electron chi connectivity index (χ4n) is 1.94. The Bertz CT molecular complexity index is 512. The van der Waals surface area contributed by atoms with Crippen LogP contribution in [0.2, 0.25) is 0 Å². The number of benzene rings is 2. The summed E-state index contributed by atoms with van der Waals surface area (Å²) in [6.45, 7) is 6.03. The molecule has 2 rings (SSSR count). The third-order valence-corrected chi connectivity index (χ3v) is 2.96. The molecule has 1 N–H and O–H groups in total. The molecule has 2 aromatic carbocycles. The number of aryl methyl sites for hydroxylation is 1. The Hall–Kier alpha value is -1.80. The van der Waals surface area contributed by atoms with Gasteiger partial charge in [-0.1, -0.05) is 42.0 Å². The minimum atomic E-state index is -0.589. The highest BCUT2D eigenvalue weighted by Crippen LogP contribution is 2.24. The SMILES string of the molecule is Cc1ccc(C(O)c2ccc(OC(C)C)cc2)cc1. The molecule has 0 aliphatic heterocycles. The van der Waals surface area contributed by atoms with E-state index < -0.39 is 6.10 Å². The first kappa shape index (κ1) is 13.6. The van der Waals surface area contributed by atoms with Crippen LogP contribution in [0.5, 0.6) is 5.75 Å². The molecule has 2 aromatic rings. The molecule has 0 aliphatic carbocycles. The molecular weight excluding hydrogens is 236 g/mol. The van der Waals surface area contributed by atoms with Gasteiger partial charge in [0.05, 0.1) is 6.10 Å². The van der Waals surface area contributed by atoms with Crippen molar-refractivity contribution in [2.24, 2.45) is 0 Å². The first-order valence-corrected chi connectivity index (χ1v) is 6.57. The normalized spacial score (nSPS) is 12.5. The lowest BCUT2D eigenvalue weighted by atomic mass is 10.0. The second kappa shape index (κ2) is 5.89. The van der Waals surface area contributed by atoms with E-state index in [2.05, 4.69) is 0 Å². The van der Waals surface area contributed by atoms with Crippen molar-refractivity contribution in [1.82, 2.24) is 0 Å². The Morgan fingerprint density at radius 2 is 1.32 bits per heavy atom. The number of hydrogen-bond acceptors (Lipinski definition) is 2. The van der Waals surface area contributed by atoms with Gasteiger partial charge in [-0.05, 0) is 44.0 Å². The summed E-state index contributed by atoms with van der Waals surface area (Å²) < 4.78 is 5.59. The summed E-state index contributed by atoms with van der Waals surface area (Å²) in [6, 6.07) is 15.5. The van der Waals surface area contributed by atoms with Gasteiger partial charge in [-0.25, -0.2) is 0 Å². The van der Waals surface area contributed by atoms with Gasteiger partial charge in [-0.15, -0.1) is 0 Å². The van der Waals surface area contributed by atoms with Gasteiger partial charge in [0, 0.05) is 0 Å². The minimum Gasteiger partial charge on any atom is -0.491 e. The predicted octanol–water partition coefficient (Wildman–Crippen LogP) is 3.86. The van der Waals surface area contributed by atoms with Crippen LogP contribution in [-0.4, -0.2) is 11.2 Å². The van der Waals surface area contributed by atoms with Gasteiger partial charge < -0.3 is 9.84 Å². The molecule has 0 bridgehead atoms. The number of aliphatic hydroxyl groups is 1. The summed E-state index contributed by atoms with van der Waals surface area (Å²) in [5.41, 5.74) is 2.97. The molecule has 0 heterocycles.